The van der Waals surface area contributed by atoms with Gasteiger partial charge in [-0.1, -0.05) is 25.2 Å². The Bertz CT molecular complexity index is 54.8. The van der Waals surface area contributed by atoms with E-state index in [2.05, 4.69) is 29.0 Å². The zero-order valence-corrected chi connectivity index (χ0v) is 7.67. The molecule has 0 bridgehead atoms. The van der Waals surface area contributed by atoms with E-state index in [1.54, 1.807) is 0 Å². The number of hydrogen-bond donors (Lipinski definition) is 0. The highest BCUT2D eigenvalue weighted by atomic mass is 127. The van der Waals surface area contributed by atoms with Gasteiger partial charge in [0.1, 0.15) is 0 Å². The van der Waals surface area contributed by atoms with Crippen molar-refractivity contribution in [2.24, 2.45) is 0 Å². The van der Waals surface area contributed by atoms with Gasteiger partial charge >= 0.3 is 0 Å². The second kappa shape index (κ2) is 4.54. The number of halogens is 1. The van der Waals surface area contributed by atoms with Crippen molar-refractivity contribution in [1.29, 1.82) is 0 Å². The lowest BCUT2D eigenvalue weighted by molar-refractivity contribution is 1.11. The van der Waals surface area contributed by atoms with Crippen LogP contribution in [0.15, 0.2) is 0 Å². The summed E-state index contributed by atoms with van der Waals surface area (Å²) in [4.78, 5) is 0. The first kappa shape index (κ1) is 7.38. The Morgan fingerprint density at radius 2 is 2.33 bits per heavy atom. The zero-order valence-electron chi connectivity index (χ0n) is 3.70. The van der Waals surface area contributed by atoms with E-state index in [4.69, 9.17) is 11.8 Å². The third-order valence-corrected chi connectivity index (χ3v) is 3.57. The number of hydrogen-bond acceptors (Lipinski definition) is 1. The molecule has 1 atom stereocenters. The van der Waals surface area contributed by atoms with Crippen molar-refractivity contribution in [1.82, 2.24) is 0 Å². The van der Waals surface area contributed by atoms with E-state index >= 15 is 0 Å². The molecule has 6 heavy (non-hydrogen) atoms. The second-order valence-corrected chi connectivity index (χ2v) is 9.90. The van der Waals surface area contributed by atoms with Crippen molar-refractivity contribution in [3.63, 3.8) is 0 Å². The van der Waals surface area contributed by atoms with Gasteiger partial charge in [0, 0.05) is 4.34 Å². The Labute approximate surface area is 57.6 Å². The molecule has 1 unspecified atom stereocenters. The van der Waals surface area contributed by atoms with E-state index < -0.39 is 0 Å². The molecule has 0 spiro atoms. The zero-order chi connectivity index (χ0) is 4.99. The molecule has 0 nitrogen and oxygen atoms in total. The van der Waals surface area contributed by atoms with Crippen molar-refractivity contribution in [2.75, 3.05) is 6.16 Å². The standard InChI is InChI=1S/C3H8IPS/c1-2-3-5(4)6/h5H,2-3H2,1H3. The highest BCUT2D eigenvalue weighted by Gasteiger charge is 1.79. The molecule has 0 aliphatic carbocycles. The molecular formula is C3H8IPS. The van der Waals surface area contributed by atoms with Gasteiger partial charge in [0.25, 0.3) is 0 Å². The van der Waals surface area contributed by atoms with Gasteiger partial charge in [0.05, 0.1) is 0 Å². The number of rotatable bonds is 2. The van der Waals surface area contributed by atoms with Crippen LogP contribution in [-0.4, -0.2) is 6.16 Å². The van der Waals surface area contributed by atoms with Gasteiger partial charge in [-0.3, -0.25) is 0 Å². The predicted octanol–water partition coefficient (Wildman–Crippen LogP) is 2.42. The summed E-state index contributed by atoms with van der Waals surface area (Å²) in [6, 6.07) is 0. The summed E-state index contributed by atoms with van der Waals surface area (Å²) in [6.45, 7) is 2.18. The quantitative estimate of drug-likeness (QED) is 0.522. The van der Waals surface area contributed by atoms with E-state index in [1.807, 2.05) is 0 Å². The summed E-state index contributed by atoms with van der Waals surface area (Å²) in [6.07, 6.45) is 2.54. The van der Waals surface area contributed by atoms with E-state index in [9.17, 15) is 0 Å². The average Bonchev–Trinajstić information content (AvgIpc) is 1.35. The first-order chi connectivity index (χ1) is 2.77. The van der Waals surface area contributed by atoms with Crippen LogP contribution >= 0.6 is 26.4 Å². The maximum atomic E-state index is 4.97. The van der Waals surface area contributed by atoms with Gasteiger partial charge in [0.15, 0.2) is 0 Å². The Hall–Kier alpha value is 1.38. The van der Waals surface area contributed by atoms with Gasteiger partial charge in [-0.05, 0) is 28.2 Å². The molecule has 0 rings (SSSR count). The molecule has 0 amide bonds. The molecule has 0 aromatic heterocycles. The third-order valence-electron chi connectivity index (χ3n) is 0.447. The van der Waals surface area contributed by atoms with Gasteiger partial charge in [0.2, 0.25) is 0 Å². The summed E-state index contributed by atoms with van der Waals surface area (Å²) in [5, 5.41) is 0. The second-order valence-electron chi connectivity index (χ2n) is 1.11. The van der Waals surface area contributed by atoms with Crippen LogP contribution in [0.2, 0.25) is 0 Å². The van der Waals surface area contributed by atoms with E-state index in [0.29, 0.717) is 0 Å². The summed E-state index contributed by atoms with van der Waals surface area (Å²) < 4.78 is -0.332. The largest absolute Gasteiger partial charge is 0.0898 e. The fourth-order valence-electron chi connectivity index (χ4n) is 0.197. The fraction of sp³-hybridized carbons (Fsp3) is 1.00. The van der Waals surface area contributed by atoms with E-state index in [1.165, 1.54) is 12.6 Å². The van der Waals surface area contributed by atoms with Crippen LogP contribution < -0.4 is 0 Å². The van der Waals surface area contributed by atoms with Crippen LogP contribution in [0.25, 0.3) is 0 Å². The Balaban J connectivity index is 2.83. The average molecular weight is 234 g/mol. The van der Waals surface area contributed by atoms with Crippen molar-refractivity contribution in [2.45, 2.75) is 13.3 Å². The van der Waals surface area contributed by atoms with Gasteiger partial charge in [-0.2, -0.15) is 0 Å². The molecule has 0 aromatic carbocycles. The highest BCUT2D eigenvalue weighted by molar-refractivity contribution is 14.2. The molecule has 3 heteroatoms. The molecule has 0 radical (unpaired) electrons. The van der Waals surface area contributed by atoms with Crippen LogP contribution in [0, 0.1) is 0 Å². The maximum absolute atomic E-state index is 4.97. The Morgan fingerprint density at radius 1 is 1.83 bits per heavy atom. The summed E-state index contributed by atoms with van der Waals surface area (Å²) in [7, 11) is 0. The van der Waals surface area contributed by atoms with Crippen LogP contribution in [0.5, 0.6) is 0 Å². The van der Waals surface area contributed by atoms with Crippen molar-refractivity contribution in [3.05, 3.63) is 0 Å². The van der Waals surface area contributed by atoms with E-state index in [0.717, 1.165) is 0 Å². The molecule has 0 N–H and O–H groups in total. The lowest BCUT2D eigenvalue weighted by Gasteiger charge is -1.84. The molecule has 0 aliphatic heterocycles. The van der Waals surface area contributed by atoms with Crippen molar-refractivity contribution in [3.8, 4) is 0 Å². The van der Waals surface area contributed by atoms with Crippen LogP contribution in [0.3, 0.4) is 0 Å². The molecule has 0 saturated heterocycles. The summed E-state index contributed by atoms with van der Waals surface area (Å²) >= 11 is 7.33. The normalized spacial score (nSPS) is 14.3. The van der Waals surface area contributed by atoms with Crippen molar-refractivity contribution < 1.29 is 0 Å². The van der Waals surface area contributed by atoms with Gasteiger partial charge in [-0.15, -0.1) is 0 Å². The van der Waals surface area contributed by atoms with Crippen LogP contribution in [-0.2, 0) is 11.8 Å². The smallest absolute Gasteiger partial charge is 0.00107 e. The minimum atomic E-state index is -0.332. The highest BCUT2D eigenvalue weighted by Crippen LogP contribution is 2.31. The lowest BCUT2D eigenvalue weighted by atomic mass is 10.6. The molecule has 0 fully saturated rings. The molecule has 0 aliphatic rings. The lowest BCUT2D eigenvalue weighted by Crippen LogP contribution is -1.61. The van der Waals surface area contributed by atoms with Crippen LogP contribution in [0.1, 0.15) is 13.3 Å². The summed E-state index contributed by atoms with van der Waals surface area (Å²) in [5.74, 6) is 0. The summed E-state index contributed by atoms with van der Waals surface area (Å²) in [5.41, 5.74) is 0. The molecule has 0 saturated carbocycles. The van der Waals surface area contributed by atoms with Crippen LogP contribution in [0.4, 0.5) is 0 Å². The minimum Gasteiger partial charge on any atom is -0.0898 e. The molecule has 0 aromatic rings. The molecule has 38 valence electrons. The fourth-order valence-corrected chi connectivity index (χ4v) is 2.82. The van der Waals surface area contributed by atoms with Gasteiger partial charge < -0.3 is 0 Å². The Kier molecular flexibility index (Phi) is 5.58. The maximum Gasteiger partial charge on any atom is 0.00107 e. The third kappa shape index (κ3) is 5.38. The SMILES string of the molecule is CCC[PH](=S)I. The Morgan fingerprint density at radius 3 is 2.33 bits per heavy atom. The topological polar surface area (TPSA) is 0 Å². The monoisotopic (exact) mass is 234 g/mol. The minimum absolute atomic E-state index is 0.332. The predicted molar refractivity (Wildman–Crippen MR) is 44.9 cm³/mol. The molecule has 0 heterocycles. The van der Waals surface area contributed by atoms with E-state index in [-0.39, 0.29) is 4.34 Å². The molecular weight excluding hydrogens is 226 g/mol. The van der Waals surface area contributed by atoms with Crippen molar-refractivity contribution >= 4 is 38.2 Å². The first-order valence-corrected chi connectivity index (χ1v) is 7.91. The first-order valence-electron chi connectivity index (χ1n) is 1.95. The van der Waals surface area contributed by atoms with Gasteiger partial charge in [-0.25, -0.2) is 0 Å².